The van der Waals surface area contributed by atoms with Gasteiger partial charge in [0.05, 0.1) is 22.3 Å². The molecule has 2 N–H and O–H groups in total. The minimum atomic E-state index is -2.87. The molecule has 0 aliphatic carbocycles. The smallest absolute Gasteiger partial charge is 0.278 e. The molecule has 2 aliphatic rings. The van der Waals surface area contributed by atoms with Gasteiger partial charge in [0.1, 0.15) is 11.8 Å². The SMILES string of the molecule is Cc1cc(Cl)cc(C(=O)NC2CS(=O)C2)c1NC(=O)C1CC(C(F)F)=NN1c1ncccc1Cl. The van der Waals surface area contributed by atoms with Crippen molar-refractivity contribution in [2.45, 2.75) is 31.9 Å². The van der Waals surface area contributed by atoms with E-state index in [1.165, 1.54) is 18.3 Å². The summed E-state index contributed by atoms with van der Waals surface area (Å²) in [6.07, 6.45) is -1.81. The van der Waals surface area contributed by atoms with Gasteiger partial charge in [-0.15, -0.1) is 0 Å². The van der Waals surface area contributed by atoms with Crippen LogP contribution in [-0.2, 0) is 15.6 Å². The van der Waals surface area contributed by atoms with Crippen molar-refractivity contribution in [2.24, 2.45) is 5.10 Å². The molecule has 1 fully saturated rings. The molecule has 0 spiro atoms. The van der Waals surface area contributed by atoms with Crippen molar-refractivity contribution in [1.82, 2.24) is 10.3 Å². The van der Waals surface area contributed by atoms with Crippen molar-refractivity contribution in [2.75, 3.05) is 21.8 Å². The molecule has 1 saturated heterocycles. The first-order chi connectivity index (χ1) is 16.1. The maximum atomic E-state index is 13.4. The van der Waals surface area contributed by atoms with Crippen molar-refractivity contribution in [1.29, 1.82) is 0 Å². The summed E-state index contributed by atoms with van der Waals surface area (Å²) in [5, 5.41) is 10.8. The van der Waals surface area contributed by atoms with Crippen molar-refractivity contribution in [3.8, 4) is 0 Å². The highest BCUT2D eigenvalue weighted by atomic mass is 35.5. The van der Waals surface area contributed by atoms with Crippen LogP contribution in [0.3, 0.4) is 0 Å². The van der Waals surface area contributed by atoms with Crippen LogP contribution in [0.1, 0.15) is 22.3 Å². The Balaban J connectivity index is 1.62. The number of carbonyl (C=O) groups excluding carboxylic acids is 2. The number of nitrogens with one attached hydrogen (secondary N) is 2. The number of rotatable bonds is 6. The third-order valence-electron chi connectivity index (χ3n) is 5.35. The molecular formula is C21H19Cl2F2N5O3S. The van der Waals surface area contributed by atoms with E-state index in [9.17, 15) is 22.6 Å². The summed E-state index contributed by atoms with van der Waals surface area (Å²) in [5.74, 6) is -0.414. The van der Waals surface area contributed by atoms with Crippen LogP contribution < -0.4 is 15.6 Å². The number of aromatic nitrogens is 1. The summed E-state index contributed by atoms with van der Waals surface area (Å²) in [4.78, 5) is 30.2. The fourth-order valence-corrected chi connectivity index (χ4v) is 5.10. The zero-order chi connectivity index (χ0) is 24.6. The Morgan fingerprint density at radius 1 is 1.26 bits per heavy atom. The number of aryl methyl sites for hydroxylation is 1. The summed E-state index contributed by atoms with van der Waals surface area (Å²) in [7, 11) is -0.958. The van der Waals surface area contributed by atoms with Gasteiger partial charge in [-0.1, -0.05) is 23.2 Å². The van der Waals surface area contributed by atoms with Crippen molar-refractivity contribution >= 4 is 63.0 Å². The maximum Gasteiger partial charge on any atom is 0.278 e. The molecular weight excluding hydrogens is 511 g/mol. The second-order valence-corrected chi connectivity index (χ2v) is 10.2. The van der Waals surface area contributed by atoms with E-state index in [4.69, 9.17) is 23.2 Å². The lowest BCUT2D eigenvalue weighted by molar-refractivity contribution is -0.117. The number of hydrogen-bond donors (Lipinski definition) is 2. The summed E-state index contributed by atoms with van der Waals surface area (Å²) in [6.45, 7) is 1.65. The molecule has 34 heavy (non-hydrogen) atoms. The number of nitrogens with zero attached hydrogens (tertiary/aromatic N) is 3. The van der Waals surface area contributed by atoms with Gasteiger partial charge >= 0.3 is 0 Å². The fraction of sp³-hybridized carbons (Fsp3) is 0.333. The Morgan fingerprint density at radius 3 is 2.65 bits per heavy atom. The van der Waals surface area contributed by atoms with Crippen LogP contribution in [0.5, 0.6) is 0 Å². The average Bonchev–Trinajstić information content (AvgIpc) is 3.20. The minimum absolute atomic E-state index is 0.0590. The Labute approximate surface area is 206 Å². The Bertz CT molecular complexity index is 1200. The average molecular weight is 530 g/mol. The van der Waals surface area contributed by atoms with E-state index < -0.39 is 40.8 Å². The van der Waals surface area contributed by atoms with Gasteiger partial charge in [-0.25, -0.2) is 18.8 Å². The zero-order valence-electron chi connectivity index (χ0n) is 17.7. The first-order valence-electron chi connectivity index (χ1n) is 10.2. The molecule has 0 bridgehead atoms. The number of hydrazone groups is 1. The van der Waals surface area contributed by atoms with Gasteiger partial charge in [0.15, 0.2) is 5.82 Å². The standard InChI is InChI=1S/C21H19Cl2F2N5O3S/c1-10-5-11(22)6-13(20(31)27-12-8-34(33)9-12)17(10)28-21(32)16-7-15(18(24)25)29-30(16)19-14(23)3-2-4-26-19/h2-6,12,16,18H,7-9H2,1H3,(H,27,31)(H,28,32). The van der Waals surface area contributed by atoms with E-state index in [2.05, 4.69) is 20.7 Å². The molecule has 2 aromatic rings. The largest absolute Gasteiger partial charge is 0.347 e. The molecule has 1 unspecified atom stereocenters. The van der Waals surface area contributed by atoms with Crippen molar-refractivity contribution < 1.29 is 22.6 Å². The van der Waals surface area contributed by atoms with Gasteiger partial charge in [0.25, 0.3) is 12.3 Å². The zero-order valence-corrected chi connectivity index (χ0v) is 20.1. The van der Waals surface area contributed by atoms with Crippen LogP contribution in [0, 0.1) is 6.92 Å². The normalized spacial score (nSPS) is 21.8. The van der Waals surface area contributed by atoms with E-state index in [0.29, 0.717) is 17.1 Å². The summed E-state index contributed by atoms with van der Waals surface area (Å²) < 4.78 is 38.2. The third-order valence-corrected chi connectivity index (χ3v) is 7.41. The molecule has 2 amide bonds. The number of halogens is 4. The second-order valence-electron chi connectivity index (χ2n) is 7.84. The number of alkyl halides is 2. The number of benzene rings is 1. The fourth-order valence-electron chi connectivity index (χ4n) is 3.65. The number of carbonyl (C=O) groups is 2. The summed E-state index contributed by atoms with van der Waals surface area (Å²) >= 11 is 12.3. The molecule has 1 aromatic carbocycles. The second kappa shape index (κ2) is 9.93. The minimum Gasteiger partial charge on any atom is -0.347 e. The highest BCUT2D eigenvalue weighted by molar-refractivity contribution is 7.86. The Kier molecular flexibility index (Phi) is 7.15. The first kappa shape index (κ1) is 24.5. The highest BCUT2D eigenvalue weighted by Gasteiger charge is 2.39. The Morgan fingerprint density at radius 2 is 2.00 bits per heavy atom. The molecule has 0 radical (unpaired) electrons. The predicted octanol–water partition coefficient (Wildman–Crippen LogP) is 3.40. The van der Waals surface area contributed by atoms with Crippen molar-refractivity contribution in [3.63, 3.8) is 0 Å². The third kappa shape index (κ3) is 5.06. The summed E-state index contributed by atoms with van der Waals surface area (Å²) in [6, 6.07) is 4.63. The summed E-state index contributed by atoms with van der Waals surface area (Å²) in [5.41, 5.74) is 0.306. The van der Waals surface area contributed by atoms with Crippen LogP contribution in [0.4, 0.5) is 20.3 Å². The molecule has 13 heteroatoms. The van der Waals surface area contributed by atoms with E-state index >= 15 is 0 Å². The topological polar surface area (TPSA) is 104 Å². The number of anilines is 2. The van der Waals surface area contributed by atoms with Crippen LogP contribution in [0.2, 0.25) is 10.0 Å². The Hall–Kier alpha value is -2.63. The van der Waals surface area contributed by atoms with Gasteiger partial charge in [-0.05, 0) is 36.8 Å². The van der Waals surface area contributed by atoms with E-state index in [1.807, 2.05) is 0 Å². The predicted molar refractivity (Wildman–Crippen MR) is 128 cm³/mol. The van der Waals surface area contributed by atoms with Gasteiger partial charge in [0.2, 0.25) is 5.91 Å². The van der Waals surface area contributed by atoms with Crippen LogP contribution in [0.25, 0.3) is 0 Å². The van der Waals surface area contributed by atoms with Crippen LogP contribution >= 0.6 is 23.2 Å². The van der Waals surface area contributed by atoms with Crippen LogP contribution in [0.15, 0.2) is 35.6 Å². The number of hydrogen-bond acceptors (Lipinski definition) is 6. The molecule has 8 nitrogen and oxygen atoms in total. The maximum absolute atomic E-state index is 13.4. The quantitative estimate of drug-likeness (QED) is 0.596. The number of amides is 2. The lowest BCUT2D eigenvalue weighted by Gasteiger charge is -2.27. The van der Waals surface area contributed by atoms with Crippen LogP contribution in [-0.4, -0.2) is 56.7 Å². The molecule has 1 aromatic heterocycles. The molecule has 1 atom stereocenters. The van der Waals surface area contributed by atoms with E-state index in [1.54, 1.807) is 19.1 Å². The number of pyridine rings is 1. The van der Waals surface area contributed by atoms with Gasteiger partial charge in [-0.3, -0.25) is 13.8 Å². The van der Waals surface area contributed by atoms with Gasteiger partial charge in [-0.2, -0.15) is 5.10 Å². The molecule has 180 valence electrons. The molecule has 2 aliphatic heterocycles. The van der Waals surface area contributed by atoms with Gasteiger partial charge in [0, 0.05) is 39.9 Å². The molecule has 4 rings (SSSR count). The highest BCUT2D eigenvalue weighted by Crippen LogP contribution is 2.32. The van der Waals surface area contributed by atoms with E-state index in [0.717, 1.165) is 5.01 Å². The van der Waals surface area contributed by atoms with E-state index in [-0.39, 0.29) is 39.6 Å². The molecule has 3 heterocycles. The van der Waals surface area contributed by atoms with Crippen molar-refractivity contribution in [3.05, 3.63) is 51.6 Å². The van der Waals surface area contributed by atoms with Gasteiger partial charge < -0.3 is 10.6 Å². The monoisotopic (exact) mass is 529 g/mol. The first-order valence-corrected chi connectivity index (χ1v) is 12.4. The lowest BCUT2D eigenvalue weighted by Crippen LogP contribution is -2.50. The molecule has 0 saturated carbocycles. The lowest BCUT2D eigenvalue weighted by atomic mass is 10.0.